The Balaban J connectivity index is 2.07. The van der Waals surface area contributed by atoms with Crippen molar-refractivity contribution in [3.05, 3.63) is 93.0 Å². The highest BCUT2D eigenvalue weighted by Crippen LogP contribution is 2.26. The van der Waals surface area contributed by atoms with Gasteiger partial charge in [-0.15, -0.1) is 0 Å². The molecule has 0 saturated heterocycles. The molecule has 0 bridgehead atoms. The molecule has 0 saturated carbocycles. The van der Waals surface area contributed by atoms with Gasteiger partial charge in [0.1, 0.15) is 23.2 Å². The molecule has 1 N–H and O–H groups in total. The SMILES string of the molecule is CCC(Oc1ccc(F)cc1)C(=O)c1c(C)c(C#N)c(=O)n(Cc2ccccc2)c1O. The third-order valence-electron chi connectivity index (χ3n) is 4.99. The normalized spacial score (nSPS) is 11.5. The monoisotopic (exact) mass is 420 g/mol. The summed E-state index contributed by atoms with van der Waals surface area (Å²) in [6, 6.07) is 16.0. The number of aromatic nitrogens is 1. The number of nitrogens with zero attached hydrogens (tertiary/aromatic N) is 2. The zero-order valence-corrected chi connectivity index (χ0v) is 17.1. The van der Waals surface area contributed by atoms with Gasteiger partial charge in [-0.25, -0.2) is 4.39 Å². The molecule has 7 heteroatoms. The van der Waals surface area contributed by atoms with Crippen LogP contribution in [0.2, 0.25) is 0 Å². The summed E-state index contributed by atoms with van der Waals surface area (Å²) in [5.41, 5.74) is -0.207. The van der Waals surface area contributed by atoms with Crippen LogP contribution < -0.4 is 10.3 Å². The molecule has 158 valence electrons. The number of rotatable bonds is 7. The molecular weight excluding hydrogens is 399 g/mol. The van der Waals surface area contributed by atoms with Crippen LogP contribution in [-0.2, 0) is 6.54 Å². The second kappa shape index (κ2) is 9.26. The van der Waals surface area contributed by atoms with Crippen LogP contribution in [0, 0.1) is 24.1 Å². The summed E-state index contributed by atoms with van der Waals surface area (Å²) in [7, 11) is 0. The molecule has 1 aromatic heterocycles. The maximum atomic E-state index is 13.3. The Bertz CT molecular complexity index is 1200. The van der Waals surface area contributed by atoms with Gasteiger partial charge < -0.3 is 9.84 Å². The summed E-state index contributed by atoms with van der Waals surface area (Å²) in [5.74, 6) is -1.24. The lowest BCUT2D eigenvalue weighted by atomic mass is 9.97. The fourth-order valence-electron chi connectivity index (χ4n) is 3.32. The van der Waals surface area contributed by atoms with Crippen molar-refractivity contribution in [2.24, 2.45) is 0 Å². The van der Waals surface area contributed by atoms with Gasteiger partial charge in [0, 0.05) is 0 Å². The Labute approximate surface area is 178 Å². The number of hydrogen-bond acceptors (Lipinski definition) is 5. The zero-order valence-electron chi connectivity index (χ0n) is 17.1. The molecule has 31 heavy (non-hydrogen) atoms. The van der Waals surface area contributed by atoms with Crippen molar-refractivity contribution in [1.82, 2.24) is 4.57 Å². The summed E-state index contributed by atoms with van der Waals surface area (Å²) < 4.78 is 19.9. The van der Waals surface area contributed by atoms with Gasteiger partial charge in [-0.1, -0.05) is 37.3 Å². The summed E-state index contributed by atoms with van der Waals surface area (Å²) in [5, 5.41) is 20.4. The second-order valence-electron chi connectivity index (χ2n) is 7.02. The number of pyridine rings is 1. The molecular formula is C24H21FN2O4. The number of ether oxygens (including phenoxy) is 1. The summed E-state index contributed by atoms with van der Waals surface area (Å²) in [6.07, 6.45) is -0.737. The van der Waals surface area contributed by atoms with Gasteiger partial charge in [-0.05, 0) is 48.7 Å². The molecule has 1 unspecified atom stereocenters. The van der Waals surface area contributed by atoms with Crippen LogP contribution >= 0.6 is 0 Å². The van der Waals surface area contributed by atoms with Gasteiger partial charge in [0.05, 0.1) is 12.1 Å². The van der Waals surface area contributed by atoms with Gasteiger partial charge in [0.25, 0.3) is 5.56 Å². The first-order valence-electron chi connectivity index (χ1n) is 9.74. The lowest BCUT2D eigenvalue weighted by molar-refractivity contribution is 0.0781. The fourth-order valence-corrected chi connectivity index (χ4v) is 3.32. The highest BCUT2D eigenvalue weighted by Gasteiger charge is 2.29. The number of ketones is 1. The van der Waals surface area contributed by atoms with Crippen LogP contribution in [0.5, 0.6) is 11.6 Å². The van der Waals surface area contributed by atoms with Crippen molar-refractivity contribution in [3.63, 3.8) is 0 Å². The molecule has 6 nitrogen and oxygen atoms in total. The van der Waals surface area contributed by atoms with Crippen molar-refractivity contribution in [3.8, 4) is 17.7 Å². The molecule has 0 aliphatic rings. The Hall–Kier alpha value is -3.92. The molecule has 0 spiro atoms. The maximum absolute atomic E-state index is 13.3. The molecule has 3 aromatic rings. The predicted octanol–water partition coefficient (Wildman–Crippen LogP) is 3.96. The number of carbonyl (C=O) groups excluding carboxylic acids is 1. The van der Waals surface area contributed by atoms with Crippen LogP contribution in [0.3, 0.4) is 0 Å². The Morgan fingerprint density at radius 2 is 1.84 bits per heavy atom. The van der Waals surface area contributed by atoms with E-state index in [1.165, 1.54) is 31.2 Å². The van der Waals surface area contributed by atoms with E-state index in [1.54, 1.807) is 31.2 Å². The molecule has 0 aliphatic carbocycles. The number of hydrogen-bond donors (Lipinski definition) is 1. The molecule has 0 aliphatic heterocycles. The summed E-state index contributed by atoms with van der Waals surface area (Å²) in [6.45, 7) is 3.17. The summed E-state index contributed by atoms with van der Waals surface area (Å²) in [4.78, 5) is 26.1. The van der Waals surface area contributed by atoms with Crippen molar-refractivity contribution < 1.29 is 19.0 Å². The van der Waals surface area contributed by atoms with Crippen LogP contribution in [0.1, 0.15) is 40.4 Å². The average molecular weight is 420 g/mol. The van der Waals surface area contributed by atoms with Gasteiger partial charge in [-0.2, -0.15) is 5.26 Å². The van der Waals surface area contributed by atoms with Crippen molar-refractivity contribution in [2.45, 2.75) is 32.9 Å². The van der Waals surface area contributed by atoms with Gasteiger partial charge in [0.15, 0.2) is 6.10 Å². The minimum absolute atomic E-state index is 0.00361. The van der Waals surface area contributed by atoms with E-state index in [0.717, 1.165) is 10.1 Å². The first-order chi connectivity index (χ1) is 14.9. The van der Waals surface area contributed by atoms with E-state index in [2.05, 4.69) is 0 Å². The number of nitriles is 1. The number of benzene rings is 2. The topological polar surface area (TPSA) is 92.3 Å². The molecule has 0 amide bonds. The van der Waals surface area contributed by atoms with Gasteiger partial charge in [0.2, 0.25) is 11.7 Å². The van der Waals surface area contributed by atoms with Crippen molar-refractivity contribution in [2.75, 3.05) is 0 Å². The van der Waals surface area contributed by atoms with E-state index in [0.29, 0.717) is 0 Å². The molecule has 0 fully saturated rings. The minimum Gasteiger partial charge on any atom is -0.494 e. The van der Waals surface area contributed by atoms with Crippen molar-refractivity contribution >= 4 is 5.78 Å². The summed E-state index contributed by atoms with van der Waals surface area (Å²) >= 11 is 0. The number of halogens is 1. The highest BCUT2D eigenvalue weighted by atomic mass is 19.1. The largest absolute Gasteiger partial charge is 0.494 e. The van der Waals surface area contributed by atoms with Crippen LogP contribution in [0.15, 0.2) is 59.4 Å². The van der Waals surface area contributed by atoms with E-state index in [9.17, 15) is 24.3 Å². The molecule has 1 atom stereocenters. The van der Waals surface area contributed by atoms with Gasteiger partial charge >= 0.3 is 0 Å². The molecule has 3 rings (SSSR count). The quantitative estimate of drug-likeness (QED) is 0.584. The lowest BCUT2D eigenvalue weighted by Gasteiger charge is -2.20. The first-order valence-corrected chi connectivity index (χ1v) is 9.74. The van der Waals surface area contributed by atoms with E-state index in [1.807, 2.05) is 12.1 Å². The van der Waals surface area contributed by atoms with Crippen molar-refractivity contribution in [1.29, 1.82) is 5.26 Å². The first kappa shape index (κ1) is 21.8. The number of Topliss-reactive ketones (excluding diaryl/α,β-unsaturated/α-hetero) is 1. The van der Waals surface area contributed by atoms with Crippen LogP contribution in [-0.4, -0.2) is 21.6 Å². The average Bonchev–Trinajstić information content (AvgIpc) is 2.77. The van der Waals surface area contributed by atoms with Gasteiger partial charge in [-0.3, -0.25) is 14.2 Å². The van der Waals surface area contributed by atoms with E-state index in [4.69, 9.17) is 4.74 Å². The maximum Gasteiger partial charge on any atom is 0.271 e. The predicted molar refractivity (Wildman–Crippen MR) is 113 cm³/mol. The second-order valence-corrected chi connectivity index (χ2v) is 7.02. The molecule has 0 radical (unpaired) electrons. The fraction of sp³-hybridized carbons (Fsp3) is 0.208. The highest BCUT2D eigenvalue weighted by molar-refractivity contribution is 6.03. The third-order valence-corrected chi connectivity index (χ3v) is 4.99. The number of carbonyl (C=O) groups is 1. The zero-order chi connectivity index (χ0) is 22.5. The smallest absolute Gasteiger partial charge is 0.271 e. The Kier molecular flexibility index (Phi) is 6.51. The standard InChI is InChI=1S/C24H21FN2O4/c1-3-20(31-18-11-9-17(25)10-12-18)22(28)21-15(2)19(13-26)23(29)27(24(21)30)14-16-7-5-4-6-8-16/h4-12,20,30H,3,14H2,1-2H3. The Morgan fingerprint density at radius 1 is 1.19 bits per heavy atom. The van der Waals surface area contributed by atoms with Crippen LogP contribution in [0.25, 0.3) is 0 Å². The number of aromatic hydroxyl groups is 1. The molecule has 2 aromatic carbocycles. The molecule has 1 heterocycles. The van der Waals surface area contributed by atoms with Crippen LogP contribution in [0.4, 0.5) is 4.39 Å². The van der Waals surface area contributed by atoms with E-state index < -0.39 is 29.1 Å². The Morgan fingerprint density at radius 3 is 2.42 bits per heavy atom. The lowest BCUT2D eigenvalue weighted by Crippen LogP contribution is -2.32. The third kappa shape index (κ3) is 4.48. The van der Waals surface area contributed by atoms with E-state index >= 15 is 0 Å². The minimum atomic E-state index is -0.996. The van der Waals surface area contributed by atoms with E-state index in [-0.39, 0.29) is 35.4 Å².